The second-order valence-corrected chi connectivity index (χ2v) is 4.64. The molecular weight excluding hydrogens is 259 g/mol. The number of aromatic nitrogens is 4. The lowest BCUT2D eigenvalue weighted by molar-refractivity contribution is 0.790. The first kappa shape index (κ1) is 12.3. The number of nitrogens with zero attached hydrogens (tertiary/aromatic N) is 4. The number of hydrogen-bond donors (Lipinski definition) is 0. The van der Waals surface area contributed by atoms with Crippen molar-refractivity contribution in [2.45, 2.75) is 27.7 Å². The quantitative estimate of drug-likeness (QED) is 0.799. The Labute approximate surface area is 110 Å². The molecule has 0 unspecified atom stereocenters. The van der Waals surface area contributed by atoms with E-state index in [4.69, 9.17) is 23.2 Å². The summed E-state index contributed by atoms with van der Waals surface area (Å²) in [5, 5.41) is 5.26. The predicted octanol–water partition coefficient (Wildman–Crippen LogP) is 3.20. The molecule has 0 N–H and O–H groups in total. The maximum Gasteiger partial charge on any atom is 0.191 e. The van der Waals surface area contributed by atoms with E-state index in [9.17, 15) is 0 Å². The molecule has 2 heterocycles. The number of rotatable bonds is 1. The topological polar surface area (TPSA) is 43.6 Å². The molecule has 0 radical (unpaired) electrons. The van der Waals surface area contributed by atoms with Gasteiger partial charge in [0.1, 0.15) is 0 Å². The lowest BCUT2D eigenvalue weighted by Gasteiger charge is -2.07. The van der Waals surface area contributed by atoms with Crippen LogP contribution in [0.4, 0.5) is 0 Å². The molecule has 0 saturated carbocycles. The largest absolute Gasteiger partial charge is 0.236 e. The number of halogens is 2. The molecule has 0 fully saturated rings. The minimum Gasteiger partial charge on any atom is -0.236 e. The predicted molar refractivity (Wildman–Crippen MR) is 68.1 cm³/mol. The minimum atomic E-state index is 0.329. The summed E-state index contributed by atoms with van der Waals surface area (Å²) >= 11 is 12.2. The zero-order valence-corrected chi connectivity index (χ0v) is 11.6. The Bertz CT molecular complexity index is 590. The molecular formula is C11H12Cl2N4. The summed E-state index contributed by atoms with van der Waals surface area (Å²) in [6.45, 7) is 7.46. The van der Waals surface area contributed by atoms with Crippen LogP contribution < -0.4 is 0 Å². The fourth-order valence-electron chi connectivity index (χ4n) is 1.53. The lowest BCUT2D eigenvalue weighted by atomic mass is 10.3. The molecule has 0 saturated heterocycles. The Morgan fingerprint density at radius 1 is 0.882 bits per heavy atom. The van der Waals surface area contributed by atoms with Crippen molar-refractivity contribution < 1.29 is 0 Å². The minimum absolute atomic E-state index is 0.329. The molecule has 2 rings (SSSR count). The molecule has 0 bridgehead atoms. The van der Waals surface area contributed by atoms with Crippen LogP contribution in [0, 0.1) is 27.7 Å². The summed E-state index contributed by atoms with van der Waals surface area (Å²) in [4.78, 5) is 8.63. The zero-order chi connectivity index (χ0) is 12.7. The highest BCUT2D eigenvalue weighted by molar-refractivity contribution is 6.32. The van der Waals surface area contributed by atoms with E-state index in [1.54, 1.807) is 4.68 Å². The van der Waals surface area contributed by atoms with Gasteiger partial charge in [-0.3, -0.25) is 0 Å². The third-order valence-corrected chi connectivity index (χ3v) is 3.45. The second kappa shape index (κ2) is 4.27. The smallest absolute Gasteiger partial charge is 0.191 e. The van der Waals surface area contributed by atoms with Gasteiger partial charge in [0.05, 0.1) is 27.8 Å². The van der Waals surface area contributed by atoms with Crippen molar-refractivity contribution in [3.05, 3.63) is 33.0 Å². The Morgan fingerprint density at radius 3 is 2.00 bits per heavy atom. The fourth-order valence-corrected chi connectivity index (χ4v) is 1.90. The summed E-state index contributed by atoms with van der Waals surface area (Å²) < 4.78 is 1.62. The normalized spacial score (nSPS) is 10.9. The number of hydrogen-bond acceptors (Lipinski definition) is 3. The van der Waals surface area contributed by atoms with Crippen LogP contribution in [0.25, 0.3) is 5.82 Å². The molecule has 0 aliphatic heterocycles. The highest BCUT2D eigenvalue weighted by atomic mass is 35.5. The molecule has 0 aliphatic rings. The van der Waals surface area contributed by atoms with E-state index >= 15 is 0 Å². The molecule has 0 spiro atoms. The van der Waals surface area contributed by atoms with E-state index in [0.29, 0.717) is 16.0 Å². The fraction of sp³-hybridized carbons (Fsp3) is 0.364. The van der Waals surface area contributed by atoms with Gasteiger partial charge in [-0.15, -0.1) is 0 Å². The maximum absolute atomic E-state index is 6.10. The second-order valence-electron chi connectivity index (χ2n) is 3.91. The summed E-state index contributed by atoms with van der Waals surface area (Å²) in [5.41, 5.74) is 3.20. The molecule has 0 aromatic carbocycles. The van der Waals surface area contributed by atoms with Gasteiger partial charge < -0.3 is 0 Å². The monoisotopic (exact) mass is 270 g/mol. The van der Waals surface area contributed by atoms with Crippen molar-refractivity contribution in [3.63, 3.8) is 0 Å². The molecule has 90 valence electrons. The molecule has 4 nitrogen and oxygen atoms in total. The van der Waals surface area contributed by atoms with Crippen LogP contribution in [0.5, 0.6) is 0 Å². The van der Waals surface area contributed by atoms with Crippen molar-refractivity contribution in [2.75, 3.05) is 0 Å². The van der Waals surface area contributed by atoms with Crippen LogP contribution in [0.15, 0.2) is 0 Å². The molecule has 0 aliphatic carbocycles. The Balaban J connectivity index is 2.68. The number of aryl methyl sites for hydroxylation is 3. The maximum atomic E-state index is 6.10. The molecule has 17 heavy (non-hydrogen) atoms. The molecule has 6 heteroatoms. The standard InChI is InChI=1S/C11H12Cl2N4/c1-5-6(2)15-11(10(13)14-5)17-8(4)9(12)7(3)16-17/h1-4H3. The Morgan fingerprint density at radius 2 is 1.47 bits per heavy atom. The third kappa shape index (κ3) is 2.03. The highest BCUT2D eigenvalue weighted by Crippen LogP contribution is 2.24. The average molecular weight is 271 g/mol. The van der Waals surface area contributed by atoms with E-state index in [1.165, 1.54) is 0 Å². The summed E-state index contributed by atoms with van der Waals surface area (Å²) in [6.07, 6.45) is 0. The van der Waals surface area contributed by atoms with Crippen molar-refractivity contribution in [2.24, 2.45) is 0 Å². The summed E-state index contributed by atoms with van der Waals surface area (Å²) in [6, 6.07) is 0. The van der Waals surface area contributed by atoms with E-state index in [-0.39, 0.29) is 0 Å². The van der Waals surface area contributed by atoms with Gasteiger partial charge in [0, 0.05) is 0 Å². The summed E-state index contributed by atoms with van der Waals surface area (Å²) in [5.74, 6) is 0.516. The van der Waals surface area contributed by atoms with Crippen molar-refractivity contribution >= 4 is 23.2 Å². The Hall–Kier alpha value is -1.13. The molecule has 0 atom stereocenters. The summed E-state index contributed by atoms with van der Waals surface area (Å²) in [7, 11) is 0. The van der Waals surface area contributed by atoms with E-state index in [2.05, 4.69) is 15.1 Å². The van der Waals surface area contributed by atoms with Crippen LogP contribution in [-0.2, 0) is 0 Å². The molecule has 0 amide bonds. The van der Waals surface area contributed by atoms with Gasteiger partial charge in [-0.05, 0) is 27.7 Å². The van der Waals surface area contributed by atoms with Crippen molar-refractivity contribution in [1.82, 2.24) is 19.7 Å². The average Bonchev–Trinajstić information content (AvgIpc) is 2.51. The van der Waals surface area contributed by atoms with E-state index in [0.717, 1.165) is 22.8 Å². The van der Waals surface area contributed by atoms with Crippen molar-refractivity contribution in [1.29, 1.82) is 0 Å². The van der Waals surface area contributed by atoms with Gasteiger partial charge in [-0.25, -0.2) is 14.6 Å². The highest BCUT2D eigenvalue weighted by Gasteiger charge is 2.16. The van der Waals surface area contributed by atoms with E-state index in [1.807, 2.05) is 27.7 Å². The van der Waals surface area contributed by atoms with Crippen LogP contribution in [0.3, 0.4) is 0 Å². The lowest BCUT2D eigenvalue weighted by Crippen LogP contribution is -2.07. The van der Waals surface area contributed by atoms with Gasteiger partial charge in [0.15, 0.2) is 11.0 Å². The van der Waals surface area contributed by atoms with Gasteiger partial charge in [0.25, 0.3) is 0 Å². The van der Waals surface area contributed by atoms with Crippen LogP contribution in [-0.4, -0.2) is 19.7 Å². The van der Waals surface area contributed by atoms with Crippen molar-refractivity contribution in [3.8, 4) is 5.82 Å². The molecule has 2 aromatic rings. The zero-order valence-electron chi connectivity index (χ0n) is 10.0. The molecule has 2 aromatic heterocycles. The SMILES string of the molecule is Cc1nc(Cl)c(-n2nc(C)c(Cl)c2C)nc1C. The van der Waals surface area contributed by atoms with Crippen LogP contribution in [0.1, 0.15) is 22.8 Å². The van der Waals surface area contributed by atoms with Gasteiger partial charge >= 0.3 is 0 Å². The third-order valence-electron chi connectivity index (χ3n) is 2.65. The van der Waals surface area contributed by atoms with Gasteiger partial charge in [-0.1, -0.05) is 23.2 Å². The van der Waals surface area contributed by atoms with Crippen LogP contribution in [0.2, 0.25) is 10.2 Å². The van der Waals surface area contributed by atoms with Crippen LogP contribution >= 0.6 is 23.2 Å². The Kier molecular flexibility index (Phi) is 3.10. The van der Waals surface area contributed by atoms with E-state index < -0.39 is 0 Å². The first-order valence-corrected chi connectivity index (χ1v) is 5.90. The van der Waals surface area contributed by atoms with Gasteiger partial charge in [-0.2, -0.15) is 5.10 Å². The first-order valence-electron chi connectivity index (χ1n) is 5.14. The first-order chi connectivity index (χ1) is 7.91. The van der Waals surface area contributed by atoms with Gasteiger partial charge in [0.2, 0.25) is 0 Å².